The van der Waals surface area contributed by atoms with E-state index in [0.717, 1.165) is 17.9 Å². The minimum atomic E-state index is -0.532. The Balaban J connectivity index is 1.80. The molecule has 0 bridgehead atoms. The molecule has 0 aliphatic rings. The molecule has 0 heterocycles. The molecule has 0 saturated heterocycles. The number of primary amides is 1. The van der Waals surface area contributed by atoms with Crippen LogP contribution < -0.4 is 21.1 Å². The molecule has 0 aliphatic heterocycles. The maximum absolute atomic E-state index is 12.0. The van der Waals surface area contributed by atoms with E-state index in [4.69, 9.17) is 10.5 Å². The van der Waals surface area contributed by atoms with Gasteiger partial charge in [0.05, 0.1) is 13.2 Å². The van der Waals surface area contributed by atoms with E-state index in [9.17, 15) is 9.59 Å². The zero-order chi connectivity index (χ0) is 18.9. The molecule has 26 heavy (non-hydrogen) atoms. The van der Waals surface area contributed by atoms with Gasteiger partial charge in [-0.3, -0.25) is 9.59 Å². The molecule has 0 unspecified atom stereocenters. The van der Waals surface area contributed by atoms with Crippen LogP contribution in [0.3, 0.4) is 0 Å². The molecule has 0 radical (unpaired) electrons. The number of anilines is 2. The Morgan fingerprint density at radius 1 is 1.08 bits per heavy atom. The van der Waals surface area contributed by atoms with E-state index in [-0.39, 0.29) is 12.5 Å². The Morgan fingerprint density at radius 2 is 1.81 bits per heavy atom. The standard InChI is InChI=1S/C20H25N3O3/c1-14(2)10-11-26-18-8-6-16(7-9-18)22-13-19(24)23-17-5-3-4-15(12-17)20(21)25/h3-9,12,14,22H,10-11,13H2,1-2H3,(H2,21,25)(H,23,24). The average Bonchev–Trinajstić information content (AvgIpc) is 2.61. The summed E-state index contributed by atoms with van der Waals surface area (Å²) in [5.41, 5.74) is 6.93. The van der Waals surface area contributed by atoms with Gasteiger partial charge < -0.3 is 21.1 Å². The van der Waals surface area contributed by atoms with Crippen molar-refractivity contribution in [3.05, 3.63) is 54.1 Å². The van der Waals surface area contributed by atoms with Crippen LogP contribution in [0.2, 0.25) is 0 Å². The highest BCUT2D eigenvalue weighted by Crippen LogP contribution is 2.16. The summed E-state index contributed by atoms with van der Waals surface area (Å²) >= 11 is 0. The first-order chi connectivity index (χ1) is 12.4. The zero-order valence-electron chi connectivity index (χ0n) is 15.1. The second kappa shape index (κ2) is 9.46. The van der Waals surface area contributed by atoms with Crippen molar-refractivity contribution in [2.75, 3.05) is 23.8 Å². The predicted molar refractivity (Wildman–Crippen MR) is 103 cm³/mol. The van der Waals surface area contributed by atoms with Gasteiger partial charge in [-0.25, -0.2) is 0 Å². The fourth-order valence-electron chi connectivity index (χ4n) is 2.22. The van der Waals surface area contributed by atoms with E-state index in [0.29, 0.717) is 23.8 Å². The highest BCUT2D eigenvalue weighted by atomic mass is 16.5. The van der Waals surface area contributed by atoms with E-state index in [1.54, 1.807) is 24.3 Å². The van der Waals surface area contributed by atoms with Gasteiger partial charge in [0, 0.05) is 16.9 Å². The Bertz CT molecular complexity index is 742. The number of carbonyl (C=O) groups is 2. The first kappa shape index (κ1) is 19.3. The van der Waals surface area contributed by atoms with Gasteiger partial charge in [0.15, 0.2) is 0 Å². The normalized spacial score (nSPS) is 10.4. The van der Waals surface area contributed by atoms with E-state index < -0.39 is 5.91 Å². The molecule has 6 nitrogen and oxygen atoms in total. The number of nitrogens with two attached hydrogens (primary N) is 1. The van der Waals surface area contributed by atoms with Gasteiger partial charge in [-0.15, -0.1) is 0 Å². The highest BCUT2D eigenvalue weighted by molar-refractivity contribution is 5.97. The lowest BCUT2D eigenvalue weighted by atomic mass is 10.1. The Kier molecular flexibility index (Phi) is 7.02. The number of hydrogen-bond donors (Lipinski definition) is 3. The first-order valence-corrected chi connectivity index (χ1v) is 8.60. The average molecular weight is 355 g/mol. The van der Waals surface area contributed by atoms with Crippen LogP contribution in [0.5, 0.6) is 5.75 Å². The molecule has 0 aromatic heterocycles. The molecule has 2 amide bonds. The maximum atomic E-state index is 12.0. The van der Waals surface area contributed by atoms with Crippen LogP contribution in [0.25, 0.3) is 0 Å². The Labute approximate surface area is 153 Å². The van der Waals surface area contributed by atoms with Crippen LogP contribution in [0.4, 0.5) is 11.4 Å². The molecule has 0 saturated carbocycles. The van der Waals surface area contributed by atoms with Crippen molar-refractivity contribution in [2.24, 2.45) is 11.7 Å². The van der Waals surface area contributed by atoms with Crippen molar-refractivity contribution in [3.63, 3.8) is 0 Å². The predicted octanol–water partition coefficient (Wildman–Crippen LogP) is 3.26. The summed E-state index contributed by atoms with van der Waals surface area (Å²) < 4.78 is 5.66. The molecule has 2 aromatic carbocycles. The van der Waals surface area contributed by atoms with E-state index in [1.807, 2.05) is 24.3 Å². The van der Waals surface area contributed by atoms with Gasteiger partial charge in [-0.1, -0.05) is 19.9 Å². The number of hydrogen-bond acceptors (Lipinski definition) is 4. The van der Waals surface area contributed by atoms with Crippen LogP contribution in [-0.2, 0) is 4.79 Å². The summed E-state index contributed by atoms with van der Waals surface area (Å²) in [5, 5.41) is 5.77. The fraction of sp³-hybridized carbons (Fsp3) is 0.300. The van der Waals surface area contributed by atoms with E-state index in [2.05, 4.69) is 24.5 Å². The van der Waals surface area contributed by atoms with Crippen LogP contribution in [0.15, 0.2) is 48.5 Å². The van der Waals surface area contributed by atoms with Gasteiger partial charge in [0.25, 0.3) is 0 Å². The molecule has 0 aliphatic carbocycles. The highest BCUT2D eigenvalue weighted by Gasteiger charge is 2.05. The number of carbonyl (C=O) groups excluding carboxylic acids is 2. The van der Waals surface area contributed by atoms with Gasteiger partial charge in [0.1, 0.15) is 5.75 Å². The van der Waals surface area contributed by atoms with Crippen molar-refractivity contribution >= 4 is 23.2 Å². The smallest absolute Gasteiger partial charge is 0.248 e. The Morgan fingerprint density at radius 3 is 2.46 bits per heavy atom. The second-order valence-corrected chi connectivity index (χ2v) is 6.40. The molecule has 2 rings (SSSR count). The number of amides is 2. The van der Waals surface area contributed by atoms with Crippen molar-refractivity contribution in [1.29, 1.82) is 0 Å². The van der Waals surface area contributed by atoms with Crippen LogP contribution in [-0.4, -0.2) is 25.0 Å². The first-order valence-electron chi connectivity index (χ1n) is 8.60. The largest absolute Gasteiger partial charge is 0.494 e. The molecule has 0 fully saturated rings. The number of benzene rings is 2. The summed E-state index contributed by atoms with van der Waals surface area (Å²) in [7, 11) is 0. The fourth-order valence-corrected chi connectivity index (χ4v) is 2.22. The molecule has 0 spiro atoms. The monoisotopic (exact) mass is 355 g/mol. The lowest BCUT2D eigenvalue weighted by Crippen LogP contribution is -2.22. The van der Waals surface area contributed by atoms with Crippen LogP contribution in [0.1, 0.15) is 30.6 Å². The summed E-state index contributed by atoms with van der Waals surface area (Å²) in [5.74, 6) is 0.667. The lowest BCUT2D eigenvalue weighted by Gasteiger charge is -2.10. The number of ether oxygens (including phenoxy) is 1. The molecule has 0 atom stereocenters. The summed E-state index contributed by atoms with van der Waals surface area (Å²) in [4.78, 5) is 23.2. The molecular weight excluding hydrogens is 330 g/mol. The van der Waals surface area contributed by atoms with Crippen LogP contribution >= 0.6 is 0 Å². The lowest BCUT2D eigenvalue weighted by molar-refractivity contribution is -0.114. The third kappa shape index (κ3) is 6.47. The third-order valence-corrected chi connectivity index (χ3v) is 3.70. The summed E-state index contributed by atoms with van der Waals surface area (Å²) in [6.45, 7) is 5.11. The van der Waals surface area contributed by atoms with Crippen molar-refractivity contribution in [1.82, 2.24) is 0 Å². The van der Waals surface area contributed by atoms with Crippen molar-refractivity contribution in [2.45, 2.75) is 20.3 Å². The van der Waals surface area contributed by atoms with Crippen molar-refractivity contribution in [3.8, 4) is 5.75 Å². The third-order valence-electron chi connectivity index (χ3n) is 3.70. The van der Waals surface area contributed by atoms with Gasteiger partial charge in [0.2, 0.25) is 11.8 Å². The van der Waals surface area contributed by atoms with Crippen LogP contribution in [0, 0.1) is 5.92 Å². The topological polar surface area (TPSA) is 93.4 Å². The maximum Gasteiger partial charge on any atom is 0.248 e. The van der Waals surface area contributed by atoms with Gasteiger partial charge >= 0.3 is 0 Å². The molecule has 2 aromatic rings. The van der Waals surface area contributed by atoms with Gasteiger partial charge in [-0.05, 0) is 54.8 Å². The molecule has 4 N–H and O–H groups in total. The molecule has 138 valence electrons. The summed E-state index contributed by atoms with van der Waals surface area (Å²) in [6, 6.07) is 14.0. The Hall–Kier alpha value is -3.02. The number of rotatable bonds is 9. The summed E-state index contributed by atoms with van der Waals surface area (Å²) in [6.07, 6.45) is 1.01. The quantitative estimate of drug-likeness (QED) is 0.643. The SMILES string of the molecule is CC(C)CCOc1ccc(NCC(=O)Nc2cccc(C(N)=O)c2)cc1. The minimum Gasteiger partial charge on any atom is -0.494 e. The molecule has 6 heteroatoms. The van der Waals surface area contributed by atoms with Crippen molar-refractivity contribution < 1.29 is 14.3 Å². The van der Waals surface area contributed by atoms with Gasteiger partial charge in [-0.2, -0.15) is 0 Å². The minimum absolute atomic E-state index is 0.106. The number of nitrogens with one attached hydrogen (secondary N) is 2. The van der Waals surface area contributed by atoms with E-state index >= 15 is 0 Å². The molecular formula is C20H25N3O3. The zero-order valence-corrected chi connectivity index (χ0v) is 15.1. The second-order valence-electron chi connectivity index (χ2n) is 6.40. The van der Waals surface area contributed by atoms with E-state index in [1.165, 1.54) is 0 Å².